The highest BCUT2D eigenvalue weighted by Gasteiger charge is 2.18. The monoisotopic (exact) mass is 443 g/mol. The zero-order valence-electron chi connectivity index (χ0n) is 17.5. The Kier molecular flexibility index (Phi) is 6.19. The number of fused-ring (bicyclic) bond motifs is 1. The summed E-state index contributed by atoms with van der Waals surface area (Å²) in [5, 5.41) is 12.3. The van der Waals surface area contributed by atoms with Crippen molar-refractivity contribution in [3.05, 3.63) is 77.1 Å². The highest BCUT2D eigenvalue weighted by molar-refractivity contribution is 5.89. The third-order valence-corrected chi connectivity index (χ3v) is 5.17. The summed E-state index contributed by atoms with van der Waals surface area (Å²) >= 11 is 0. The van der Waals surface area contributed by atoms with Crippen LogP contribution in [-0.4, -0.2) is 21.7 Å². The number of halogens is 2. The Balaban J connectivity index is 1.57. The number of para-hydroxylation sites is 2. The van der Waals surface area contributed by atoms with Gasteiger partial charge in [-0.15, -0.1) is 6.42 Å². The molecule has 0 bridgehead atoms. The second-order valence-corrected chi connectivity index (χ2v) is 7.40. The van der Waals surface area contributed by atoms with Gasteiger partial charge in [-0.1, -0.05) is 36.3 Å². The summed E-state index contributed by atoms with van der Waals surface area (Å²) in [6.45, 7) is 0.0903. The van der Waals surface area contributed by atoms with Gasteiger partial charge in [0.25, 0.3) is 5.91 Å². The number of terminal acetylenes is 1. The van der Waals surface area contributed by atoms with Crippen molar-refractivity contribution >= 4 is 28.5 Å². The number of amides is 1. The molecule has 2 N–H and O–H groups in total. The van der Waals surface area contributed by atoms with E-state index in [0.29, 0.717) is 33.7 Å². The van der Waals surface area contributed by atoms with Crippen LogP contribution in [0.3, 0.4) is 0 Å². The number of alkyl halides is 1. The summed E-state index contributed by atoms with van der Waals surface area (Å²) in [5.41, 5.74) is 5.56. The van der Waals surface area contributed by atoms with Crippen molar-refractivity contribution < 1.29 is 13.6 Å². The maximum Gasteiger partial charge on any atom is 0.250 e. The van der Waals surface area contributed by atoms with Crippen molar-refractivity contribution in [1.82, 2.24) is 9.66 Å². The van der Waals surface area contributed by atoms with E-state index in [0.717, 1.165) is 0 Å². The Morgan fingerprint density at radius 3 is 2.88 bits per heavy atom. The van der Waals surface area contributed by atoms with Gasteiger partial charge in [-0.25, -0.2) is 18.4 Å². The number of nitriles is 1. The van der Waals surface area contributed by atoms with Crippen molar-refractivity contribution in [3.8, 4) is 18.4 Å². The third kappa shape index (κ3) is 4.60. The van der Waals surface area contributed by atoms with Gasteiger partial charge in [0.1, 0.15) is 12.0 Å². The van der Waals surface area contributed by atoms with Gasteiger partial charge in [-0.3, -0.25) is 10.2 Å². The van der Waals surface area contributed by atoms with E-state index in [1.807, 2.05) is 18.2 Å². The second-order valence-electron chi connectivity index (χ2n) is 7.40. The normalized spacial score (nSPS) is 15.2. The predicted molar refractivity (Wildman–Crippen MR) is 122 cm³/mol. The number of carbonyl (C=O) groups excluding carboxylic acids is 1. The van der Waals surface area contributed by atoms with E-state index in [-0.39, 0.29) is 30.9 Å². The number of allylic oxidation sites excluding steroid dienone is 4. The first-order chi connectivity index (χ1) is 16.0. The number of hydrogen-bond acceptors (Lipinski definition) is 4. The van der Waals surface area contributed by atoms with Crippen LogP contribution in [-0.2, 0) is 11.3 Å². The number of hydrogen-bond donors (Lipinski definition) is 2. The van der Waals surface area contributed by atoms with Gasteiger partial charge in [0, 0.05) is 18.5 Å². The molecule has 2 aromatic carbocycles. The van der Waals surface area contributed by atoms with Crippen LogP contribution in [0, 0.1) is 29.5 Å². The van der Waals surface area contributed by atoms with Gasteiger partial charge in [0.05, 0.1) is 29.1 Å². The lowest BCUT2D eigenvalue weighted by molar-refractivity contribution is -0.116. The van der Waals surface area contributed by atoms with Crippen LogP contribution < -0.4 is 10.7 Å². The fraction of sp³-hybridized carbons (Fsp3) is 0.160. The molecule has 1 aliphatic rings. The standard InChI is InChI=1S/C25H19F2N5O/c1-2-5-24(33)31-32-23-7-4-3-6-22(23)30-25(32)29-15-17-9-8-16(13-21(17)27)20-11-10-19(26)12-18(20)14-28/h1,3-4,6-9,11-13,19H,5,10,15H2,(H,29,30)(H,31,33). The molecule has 8 heteroatoms. The Morgan fingerprint density at radius 1 is 1.30 bits per heavy atom. The molecule has 0 aliphatic heterocycles. The smallest absolute Gasteiger partial charge is 0.250 e. The van der Waals surface area contributed by atoms with Gasteiger partial charge in [0.15, 0.2) is 0 Å². The molecule has 1 atom stereocenters. The Morgan fingerprint density at radius 2 is 2.12 bits per heavy atom. The van der Waals surface area contributed by atoms with Crippen LogP contribution in [0.5, 0.6) is 0 Å². The van der Waals surface area contributed by atoms with Crippen LogP contribution in [0.2, 0.25) is 0 Å². The topological polar surface area (TPSA) is 82.7 Å². The van der Waals surface area contributed by atoms with Crippen LogP contribution >= 0.6 is 0 Å². The largest absolute Gasteiger partial charge is 0.350 e. The van der Waals surface area contributed by atoms with E-state index >= 15 is 0 Å². The molecule has 164 valence electrons. The first kappa shape index (κ1) is 21.8. The van der Waals surface area contributed by atoms with Crippen LogP contribution in [0.1, 0.15) is 24.0 Å². The van der Waals surface area contributed by atoms with Crippen molar-refractivity contribution in [2.45, 2.75) is 25.6 Å². The third-order valence-electron chi connectivity index (χ3n) is 5.17. The first-order valence-corrected chi connectivity index (χ1v) is 10.2. The van der Waals surface area contributed by atoms with Crippen molar-refractivity contribution in [1.29, 1.82) is 5.26 Å². The molecule has 0 saturated heterocycles. The molecular weight excluding hydrogens is 424 g/mol. The number of nitrogens with zero attached hydrogens (tertiary/aromatic N) is 3. The molecule has 1 heterocycles. The fourth-order valence-electron chi connectivity index (χ4n) is 3.60. The molecule has 1 amide bonds. The molecule has 3 aromatic rings. The maximum absolute atomic E-state index is 14.9. The van der Waals surface area contributed by atoms with Gasteiger partial charge in [-0.05, 0) is 35.4 Å². The number of carbonyl (C=O) groups is 1. The van der Waals surface area contributed by atoms with Crippen LogP contribution in [0.15, 0.2) is 60.2 Å². The molecular formula is C25H19F2N5O. The Bertz CT molecular complexity index is 1370. The summed E-state index contributed by atoms with van der Waals surface area (Å²) in [5.74, 6) is 1.75. The Labute approximate surface area is 189 Å². The van der Waals surface area contributed by atoms with E-state index in [4.69, 9.17) is 6.42 Å². The van der Waals surface area contributed by atoms with E-state index < -0.39 is 12.0 Å². The zero-order chi connectivity index (χ0) is 23.4. The zero-order valence-corrected chi connectivity index (χ0v) is 17.5. The lowest BCUT2D eigenvalue weighted by atomic mass is 9.91. The van der Waals surface area contributed by atoms with Crippen molar-refractivity contribution in [3.63, 3.8) is 0 Å². The van der Waals surface area contributed by atoms with E-state index in [2.05, 4.69) is 21.6 Å². The number of aromatic nitrogens is 2. The minimum atomic E-state index is -1.21. The van der Waals surface area contributed by atoms with E-state index in [9.17, 15) is 18.8 Å². The number of anilines is 1. The lowest BCUT2D eigenvalue weighted by Gasteiger charge is -2.15. The summed E-state index contributed by atoms with van der Waals surface area (Å²) in [7, 11) is 0. The van der Waals surface area contributed by atoms with E-state index in [1.54, 1.807) is 30.3 Å². The molecule has 0 radical (unpaired) electrons. The predicted octanol–water partition coefficient (Wildman–Crippen LogP) is 4.46. The molecule has 1 aliphatic carbocycles. The SMILES string of the molecule is C#CCC(=O)Nn1c(NCc2ccc(C3=CCC(F)C=C3C#N)cc2F)nc2ccccc21. The number of imidazole rings is 1. The first-order valence-electron chi connectivity index (χ1n) is 10.2. The van der Waals surface area contributed by atoms with Crippen molar-refractivity contribution in [2.24, 2.45) is 0 Å². The summed E-state index contributed by atoms with van der Waals surface area (Å²) in [6.07, 6.45) is 6.91. The van der Waals surface area contributed by atoms with Crippen LogP contribution in [0.4, 0.5) is 14.7 Å². The van der Waals surface area contributed by atoms with Gasteiger partial charge >= 0.3 is 0 Å². The molecule has 6 nitrogen and oxygen atoms in total. The second kappa shape index (κ2) is 9.37. The lowest BCUT2D eigenvalue weighted by Crippen LogP contribution is -2.24. The molecule has 1 unspecified atom stereocenters. The summed E-state index contributed by atoms with van der Waals surface area (Å²) in [6, 6.07) is 13.8. The highest BCUT2D eigenvalue weighted by atomic mass is 19.1. The average Bonchev–Trinajstić information content (AvgIpc) is 3.15. The minimum absolute atomic E-state index is 0.0903. The molecule has 4 rings (SSSR count). The quantitative estimate of drug-likeness (QED) is 0.551. The number of nitrogens with one attached hydrogen (secondary N) is 2. The number of rotatable bonds is 6. The summed E-state index contributed by atoms with van der Waals surface area (Å²) < 4.78 is 29.9. The molecule has 1 aromatic heterocycles. The molecule has 0 spiro atoms. The highest BCUT2D eigenvalue weighted by Crippen LogP contribution is 2.30. The minimum Gasteiger partial charge on any atom is -0.350 e. The molecule has 0 fully saturated rings. The van der Waals surface area contributed by atoms with Gasteiger partial charge in [0.2, 0.25) is 5.95 Å². The molecule has 0 saturated carbocycles. The van der Waals surface area contributed by atoms with Crippen LogP contribution in [0.25, 0.3) is 16.6 Å². The number of benzene rings is 2. The van der Waals surface area contributed by atoms with Gasteiger partial charge in [-0.2, -0.15) is 5.26 Å². The maximum atomic E-state index is 14.9. The fourth-order valence-corrected chi connectivity index (χ4v) is 3.60. The molecule has 33 heavy (non-hydrogen) atoms. The Hall–Kier alpha value is -4.43. The summed E-state index contributed by atoms with van der Waals surface area (Å²) in [4.78, 5) is 16.5. The van der Waals surface area contributed by atoms with Crippen molar-refractivity contribution in [2.75, 3.05) is 10.7 Å². The average molecular weight is 443 g/mol. The van der Waals surface area contributed by atoms with E-state index in [1.165, 1.54) is 16.8 Å². The van der Waals surface area contributed by atoms with Gasteiger partial charge < -0.3 is 5.32 Å².